The summed E-state index contributed by atoms with van der Waals surface area (Å²) in [7, 11) is 1.67. The molecule has 1 saturated heterocycles. The zero-order valence-electron chi connectivity index (χ0n) is 20.9. The number of alkyl carbamates (subject to hydrolysis) is 1. The summed E-state index contributed by atoms with van der Waals surface area (Å²) in [6.45, 7) is 6.09. The first-order chi connectivity index (χ1) is 16.6. The number of hydrogen-bond donors (Lipinski definition) is 2. The molecule has 0 radical (unpaired) electrons. The smallest absolute Gasteiger partial charge is 0.407 e. The largest absolute Gasteiger partial charge is 0.444 e. The number of imidazole rings is 1. The van der Waals surface area contributed by atoms with Crippen molar-refractivity contribution in [3.05, 3.63) is 34.2 Å². The van der Waals surface area contributed by atoms with Gasteiger partial charge in [-0.2, -0.15) is 0 Å². The molecule has 3 rings (SSSR count). The van der Waals surface area contributed by atoms with Gasteiger partial charge < -0.3 is 10.1 Å². The normalized spacial score (nSPS) is 15.9. The molecule has 0 aliphatic carbocycles. The zero-order valence-corrected chi connectivity index (χ0v) is 20.9. The van der Waals surface area contributed by atoms with Crippen molar-refractivity contribution in [2.45, 2.75) is 77.4 Å². The number of hydrogen-bond acceptors (Lipinski definition) is 5. The summed E-state index contributed by atoms with van der Waals surface area (Å²) in [5, 5.41) is 5.08. The van der Waals surface area contributed by atoms with Crippen molar-refractivity contribution in [2.24, 2.45) is 7.05 Å². The maximum absolute atomic E-state index is 13.0. The van der Waals surface area contributed by atoms with Crippen LogP contribution in [0.3, 0.4) is 0 Å². The van der Waals surface area contributed by atoms with Gasteiger partial charge in [-0.05, 0) is 52.2 Å². The Bertz CT molecular complexity index is 1220. The van der Waals surface area contributed by atoms with E-state index >= 15 is 0 Å². The van der Waals surface area contributed by atoms with Crippen LogP contribution in [0.25, 0.3) is 11.0 Å². The van der Waals surface area contributed by atoms with Crippen LogP contribution in [0.2, 0.25) is 0 Å². The fourth-order valence-electron chi connectivity index (χ4n) is 4.12. The van der Waals surface area contributed by atoms with E-state index in [0.717, 1.165) is 37.7 Å². The Labute approximate surface area is 205 Å². The van der Waals surface area contributed by atoms with E-state index in [2.05, 4.69) is 22.5 Å². The lowest BCUT2D eigenvalue weighted by Gasteiger charge is -2.21. The average Bonchev–Trinajstić information content (AvgIpc) is 3.02. The summed E-state index contributed by atoms with van der Waals surface area (Å²) >= 11 is 0. The number of ether oxygens (including phenoxy) is 1. The maximum atomic E-state index is 13.0. The Kier molecular flexibility index (Phi) is 8.39. The van der Waals surface area contributed by atoms with Crippen molar-refractivity contribution in [3.63, 3.8) is 0 Å². The lowest BCUT2D eigenvalue weighted by Crippen LogP contribution is -2.44. The number of fused-ring (bicyclic) bond motifs is 1. The van der Waals surface area contributed by atoms with E-state index in [1.54, 1.807) is 13.1 Å². The highest BCUT2D eigenvalue weighted by Crippen LogP contribution is 2.24. The minimum Gasteiger partial charge on any atom is -0.444 e. The number of amides is 3. The Hall–Kier alpha value is -3.54. The molecule has 1 unspecified atom stereocenters. The Morgan fingerprint density at radius 2 is 1.91 bits per heavy atom. The third-order valence-corrected chi connectivity index (χ3v) is 5.74. The molecule has 0 saturated carbocycles. The standard InChI is InChI=1S/C26H34N4O5/c1-26(2,3)35-24(33)27-17-10-8-6-5-7-9-12-18-13-11-14-19-22(18)29(4)25(34)30(19)20-15-16-21(31)28-23(20)32/h11,13-14,20H,5-8,10,15-17H2,1-4H3,(H,27,33)(H,28,31,32). The van der Waals surface area contributed by atoms with E-state index in [0.29, 0.717) is 24.0 Å². The monoisotopic (exact) mass is 482 g/mol. The first-order valence-corrected chi connectivity index (χ1v) is 12.1. The number of carbonyl (C=O) groups excluding carboxylic acids is 3. The summed E-state index contributed by atoms with van der Waals surface area (Å²) in [6.07, 6.45) is 4.63. The average molecular weight is 483 g/mol. The number of para-hydroxylation sites is 1. The number of rotatable bonds is 7. The number of unbranched alkanes of at least 4 members (excludes halogenated alkanes) is 4. The predicted molar refractivity (Wildman–Crippen MR) is 133 cm³/mol. The van der Waals surface area contributed by atoms with Gasteiger partial charge in [0.25, 0.3) is 0 Å². The molecule has 9 nitrogen and oxygen atoms in total. The Morgan fingerprint density at radius 3 is 2.63 bits per heavy atom. The first-order valence-electron chi connectivity index (χ1n) is 12.1. The van der Waals surface area contributed by atoms with E-state index < -0.39 is 23.6 Å². The Balaban J connectivity index is 1.55. The van der Waals surface area contributed by atoms with Gasteiger partial charge in [-0.25, -0.2) is 9.59 Å². The summed E-state index contributed by atoms with van der Waals surface area (Å²) < 4.78 is 8.19. The van der Waals surface area contributed by atoms with E-state index in [-0.39, 0.29) is 18.0 Å². The van der Waals surface area contributed by atoms with Crippen LogP contribution in [-0.4, -0.2) is 39.2 Å². The number of imide groups is 1. The van der Waals surface area contributed by atoms with E-state index in [1.807, 2.05) is 32.9 Å². The summed E-state index contributed by atoms with van der Waals surface area (Å²) in [4.78, 5) is 48.5. The van der Waals surface area contributed by atoms with Crippen molar-refractivity contribution in [3.8, 4) is 11.8 Å². The van der Waals surface area contributed by atoms with E-state index in [4.69, 9.17) is 4.74 Å². The van der Waals surface area contributed by atoms with Crippen molar-refractivity contribution >= 4 is 28.9 Å². The number of piperidine rings is 1. The number of aryl methyl sites for hydroxylation is 1. The van der Waals surface area contributed by atoms with E-state index in [1.165, 1.54) is 9.13 Å². The highest BCUT2D eigenvalue weighted by molar-refractivity contribution is 6.00. The maximum Gasteiger partial charge on any atom is 0.407 e. The number of nitrogens with zero attached hydrogens (tertiary/aromatic N) is 2. The van der Waals surface area contributed by atoms with Crippen LogP contribution in [0.1, 0.15) is 77.3 Å². The number of carbonyl (C=O) groups is 3. The van der Waals surface area contributed by atoms with Gasteiger partial charge in [0.15, 0.2) is 0 Å². The van der Waals surface area contributed by atoms with Gasteiger partial charge in [0.2, 0.25) is 11.8 Å². The second-order valence-electron chi connectivity index (χ2n) is 9.75. The number of nitrogens with one attached hydrogen (secondary N) is 2. The van der Waals surface area contributed by atoms with E-state index in [9.17, 15) is 19.2 Å². The van der Waals surface area contributed by atoms with Crippen LogP contribution < -0.4 is 16.3 Å². The third kappa shape index (κ3) is 6.75. The molecule has 1 fully saturated rings. The quantitative estimate of drug-likeness (QED) is 0.358. The molecule has 1 aliphatic rings. The van der Waals surface area contributed by atoms with Crippen molar-refractivity contribution in [2.75, 3.05) is 6.54 Å². The van der Waals surface area contributed by atoms with Crippen molar-refractivity contribution in [1.29, 1.82) is 0 Å². The fourth-order valence-corrected chi connectivity index (χ4v) is 4.12. The molecule has 1 aliphatic heterocycles. The third-order valence-electron chi connectivity index (χ3n) is 5.74. The highest BCUT2D eigenvalue weighted by atomic mass is 16.6. The minimum absolute atomic E-state index is 0.204. The topological polar surface area (TPSA) is 111 Å². The molecule has 0 spiro atoms. The Morgan fingerprint density at radius 1 is 1.17 bits per heavy atom. The van der Waals surface area contributed by atoms with Gasteiger partial charge in [0.05, 0.1) is 16.6 Å². The van der Waals surface area contributed by atoms with Crippen LogP contribution in [-0.2, 0) is 21.4 Å². The van der Waals surface area contributed by atoms with Gasteiger partial charge >= 0.3 is 11.8 Å². The molecule has 2 heterocycles. The predicted octanol–water partition coefficient (Wildman–Crippen LogP) is 3.14. The highest BCUT2D eigenvalue weighted by Gasteiger charge is 2.31. The van der Waals surface area contributed by atoms with Gasteiger partial charge in [-0.3, -0.25) is 24.0 Å². The first kappa shape index (κ1) is 26.1. The summed E-state index contributed by atoms with van der Waals surface area (Å²) in [5.41, 5.74) is 1.25. The van der Waals surface area contributed by atoms with Gasteiger partial charge in [-0.15, -0.1) is 0 Å². The molecule has 2 N–H and O–H groups in total. The molecule has 35 heavy (non-hydrogen) atoms. The van der Waals surface area contributed by atoms with Crippen LogP contribution >= 0.6 is 0 Å². The molecule has 1 atom stereocenters. The number of benzene rings is 1. The molecular weight excluding hydrogens is 448 g/mol. The van der Waals surface area contributed by atoms with Crippen molar-refractivity contribution < 1.29 is 19.1 Å². The SMILES string of the molecule is Cn1c(=O)n(C2CCC(=O)NC2=O)c2cccc(C#CCCCCCCNC(=O)OC(C)(C)C)c21. The number of aromatic nitrogens is 2. The van der Waals surface area contributed by atoms with Gasteiger partial charge in [0, 0.05) is 26.4 Å². The summed E-state index contributed by atoms with van der Waals surface area (Å²) in [5.74, 6) is 5.60. The molecule has 9 heteroatoms. The summed E-state index contributed by atoms with van der Waals surface area (Å²) in [6, 6.07) is 4.78. The molecule has 1 aromatic heterocycles. The molecule has 188 valence electrons. The van der Waals surface area contributed by atoms with Crippen LogP contribution in [0.5, 0.6) is 0 Å². The van der Waals surface area contributed by atoms with Crippen LogP contribution in [0.4, 0.5) is 4.79 Å². The molecule has 1 aromatic carbocycles. The molecular formula is C26H34N4O5. The van der Waals surface area contributed by atoms with Crippen molar-refractivity contribution in [1.82, 2.24) is 19.8 Å². The zero-order chi connectivity index (χ0) is 25.6. The van der Waals surface area contributed by atoms with Crippen LogP contribution in [0, 0.1) is 11.8 Å². The molecule has 2 aromatic rings. The van der Waals surface area contributed by atoms with Gasteiger partial charge in [0.1, 0.15) is 11.6 Å². The lowest BCUT2D eigenvalue weighted by molar-refractivity contribution is -0.135. The minimum atomic E-state index is -0.711. The lowest BCUT2D eigenvalue weighted by atomic mass is 10.1. The molecule has 0 bridgehead atoms. The fraction of sp³-hybridized carbons (Fsp3) is 0.538. The van der Waals surface area contributed by atoms with Gasteiger partial charge in [-0.1, -0.05) is 30.7 Å². The van der Waals surface area contributed by atoms with Crippen LogP contribution in [0.15, 0.2) is 23.0 Å². The second-order valence-corrected chi connectivity index (χ2v) is 9.75. The molecule has 3 amide bonds. The second kappa shape index (κ2) is 11.3.